The highest BCUT2D eigenvalue weighted by Crippen LogP contribution is 2.24. The molecular formula is C16H19NO. The number of pyridine rings is 1. The Morgan fingerprint density at radius 1 is 1.06 bits per heavy atom. The molecule has 0 bridgehead atoms. The van der Waals surface area contributed by atoms with Gasteiger partial charge in [0.25, 0.3) is 0 Å². The monoisotopic (exact) mass is 241 g/mol. The summed E-state index contributed by atoms with van der Waals surface area (Å²) >= 11 is 0. The topological polar surface area (TPSA) is 33.1 Å². The lowest BCUT2D eigenvalue weighted by atomic mass is 10.0. The van der Waals surface area contributed by atoms with Crippen LogP contribution in [0.3, 0.4) is 0 Å². The molecule has 0 aliphatic rings. The van der Waals surface area contributed by atoms with E-state index < -0.39 is 0 Å². The van der Waals surface area contributed by atoms with E-state index in [1.807, 2.05) is 31.2 Å². The second-order valence-electron chi connectivity index (χ2n) is 4.88. The fourth-order valence-corrected chi connectivity index (χ4v) is 2.00. The number of aliphatic hydroxyl groups is 1. The van der Waals surface area contributed by atoms with Crippen molar-refractivity contribution in [3.8, 4) is 11.1 Å². The zero-order chi connectivity index (χ0) is 13.1. The number of aromatic nitrogens is 1. The van der Waals surface area contributed by atoms with Crippen molar-refractivity contribution in [2.24, 2.45) is 0 Å². The SMILES string of the molecule is Cc1nc(C(C)C)ccc1-c1ccc(CO)cc1. The Labute approximate surface area is 108 Å². The first-order valence-electron chi connectivity index (χ1n) is 6.29. The fourth-order valence-electron chi connectivity index (χ4n) is 2.00. The number of hydrogen-bond donors (Lipinski definition) is 1. The summed E-state index contributed by atoms with van der Waals surface area (Å²) < 4.78 is 0. The minimum absolute atomic E-state index is 0.0871. The summed E-state index contributed by atoms with van der Waals surface area (Å²) in [5, 5.41) is 9.04. The first-order chi connectivity index (χ1) is 8.61. The van der Waals surface area contributed by atoms with Crippen LogP contribution in [-0.4, -0.2) is 10.1 Å². The molecule has 0 saturated carbocycles. The third-order valence-electron chi connectivity index (χ3n) is 3.15. The van der Waals surface area contributed by atoms with Gasteiger partial charge < -0.3 is 5.11 Å². The molecule has 2 rings (SSSR count). The molecule has 94 valence electrons. The summed E-state index contributed by atoms with van der Waals surface area (Å²) in [4.78, 5) is 4.64. The Hall–Kier alpha value is -1.67. The molecule has 0 aliphatic heterocycles. The fraction of sp³-hybridized carbons (Fsp3) is 0.312. The first-order valence-corrected chi connectivity index (χ1v) is 6.29. The summed E-state index contributed by atoms with van der Waals surface area (Å²) in [5.41, 5.74) is 5.42. The van der Waals surface area contributed by atoms with Crippen molar-refractivity contribution in [3.63, 3.8) is 0 Å². The molecule has 2 aromatic rings. The summed E-state index contributed by atoms with van der Waals surface area (Å²) in [6.07, 6.45) is 0. The van der Waals surface area contributed by atoms with Crippen molar-refractivity contribution >= 4 is 0 Å². The number of benzene rings is 1. The van der Waals surface area contributed by atoms with Crippen molar-refractivity contribution in [1.82, 2.24) is 4.98 Å². The van der Waals surface area contributed by atoms with Crippen molar-refractivity contribution in [3.05, 3.63) is 53.3 Å². The van der Waals surface area contributed by atoms with Gasteiger partial charge in [0.1, 0.15) is 0 Å². The smallest absolute Gasteiger partial charge is 0.0681 e. The minimum Gasteiger partial charge on any atom is -0.392 e. The molecule has 0 spiro atoms. The zero-order valence-corrected chi connectivity index (χ0v) is 11.1. The molecule has 0 fully saturated rings. The van der Waals surface area contributed by atoms with Gasteiger partial charge in [0.05, 0.1) is 6.61 Å². The molecule has 0 aliphatic carbocycles. The van der Waals surface area contributed by atoms with E-state index in [-0.39, 0.29) is 6.61 Å². The van der Waals surface area contributed by atoms with Crippen LogP contribution < -0.4 is 0 Å². The summed E-state index contributed by atoms with van der Waals surface area (Å²) in [6.45, 7) is 6.43. The highest BCUT2D eigenvalue weighted by molar-refractivity contribution is 5.66. The van der Waals surface area contributed by atoms with Gasteiger partial charge in [-0.25, -0.2) is 0 Å². The standard InChI is InChI=1S/C16H19NO/c1-11(2)16-9-8-15(12(3)17-16)14-6-4-13(10-18)5-7-14/h4-9,11,18H,10H2,1-3H3. The van der Waals surface area contributed by atoms with Gasteiger partial charge in [-0.3, -0.25) is 4.98 Å². The highest BCUT2D eigenvalue weighted by atomic mass is 16.3. The summed E-state index contributed by atoms with van der Waals surface area (Å²) in [5.74, 6) is 0.453. The minimum atomic E-state index is 0.0871. The molecule has 1 aromatic carbocycles. The molecule has 18 heavy (non-hydrogen) atoms. The molecule has 0 atom stereocenters. The molecule has 0 saturated heterocycles. The second kappa shape index (κ2) is 5.32. The number of nitrogens with zero attached hydrogens (tertiary/aromatic N) is 1. The quantitative estimate of drug-likeness (QED) is 0.889. The van der Waals surface area contributed by atoms with E-state index in [4.69, 9.17) is 5.11 Å². The molecule has 1 aromatic heterocycles. The third-order valence-corrected chi connectivity index (χ3v) is 3.15. The largest absolute Gasteiger partial charge is 0.392 e. The van der Waals surface area contributed by atoms with Crippen LogP contribution in [0.25, 0.3) is 11.1 Å². The van der Waals surface area contributed by atoms with Gasteiger partial charge >= 0.3 is 0 Å². The number of aliphatic hydroxyl groups excluding tert-OH is 1. The van der Waals surface area contributed by atoms with E-state index in [0.29, 0.717) is 5.92 Å². The Bertz CT molecular complexity index is 529. The van der Waals surface area contributed by atoms with Crippen LogP contribution >= 0.6 is 0 Å². The van der Waals surface area contributed by atoms with Crippen LogP contribution in [0, 0.1) is 6.92 Å². The van der Waals surface area contributed by atoms with Crippen LogP contribution in [0.15, 0.2) is 36.4 Å². The van der Waals surface area contributed by atoms with Gasteiger partial charge in [-0.05, 0) is 30.0 Å². The van der Waals surface area contributed by atoms with Crippen molar-refractivity contribution in [1.29, 1.82) is 0 Å². The van der Waals surface area contributed by atoms with Crippen LogP contribution in [0.1, 0.15) is 36.7 Å². The lowest BCUT2D eigenvalue weighted by molar-refractivity contribution is 0.282. The van der Waals surface area contributed by atoms with Gasteiger partial charge in [-0.15, -0.1) is 0 Å². The van der Waals surface area contributed by atoms with Crippen molar-refractivity contribution in [2.45, 2.75) is 33.3 Å². The molecule has 0 unspecified atom stereocenters. The lowest BCUT2D eigenvalue weighted by Crippen LogP contribution is -1.96. The van der Waals surface area contributed by atoms with Crippen LogP contribution in [0.4, 0.5) is 0 Å². The number of hydrogen-bond acceptors (Lipinski definition) is 2. The van der Waals surface area contributed by atoms with Crippen molar-refractivity contribution in [2.75, 3.05) is 0 Å². The molecule has 1 heterocycles. The van der Waals surface area contributed by atoms with Gasteiger partial charge in [-0.1, -0.05) is 44.2 Å². The average Bonchev–Trinajstić information content (AvgIpc) is 2.38. The van der Waals surface area contributed by atoms with Crippen molar-refractivity contribution < 1.29 is 5.11 Å². The molecule has 0 amide bonds. The van der Waals surface area contributed by atoms with Gasteiger partial charge in [0.2, 0.25) is 0 Å². The third kappa shape index (κ3) is 2.59. The highest BCUT2D eigenvalue weighted by Gasteiger charge is 2.06. The zero-order valence-electron chi connectivity index (χ0n) is 11.1. The van der Waals surface area contributed by atoms with E-state index in [2.05, 4.69) is 31.0 Å². The van der Waals surface area contributed by atoms with Crippen LogP contribution in [-0.2, 0) is 6.61 Å². The number of aryl methyl sites for hydroxylation is 1. The van der Waals surface area contributed by atoms with E-state index in [9.17, 15) is 0 Å². The first kappa shape index (κ1) is 12.8. The molecule has 0 radical (unpaired) electrons. The van der Waals surface area contributed by atoms with E-state index in [0.717, 1.165) is 28.1 Å². The maximum atomic E-state index is 9.04. The predicted octanol–water partition coefficient (Wildman–Crippen LogP) is 3.67. The van der Waals surface area contributed by atoms with Gasteiger partial charge in [0.15, 0.2) is 0 Å². The molecule has 2 nitrogen and oxygen atoms in total. The maximum absolute atomic E-state index is 9.04. The normalized spacial score (nSPS) is 10.9. The molecule has 1 N–H and O–H groups in total. The van der Waals surface area contributed by atoms with Crippen LogP contribution in [0.5, 0.6) is 0 Å². The Balaban J connectivity index is 2.38. The summed E-state index contributed by atoms with van der Waals surface area (Å²) in [6, 6.07) is 12.2. The van der Waals surface area contributed by atoms with E-state index in [1.54, 1.807) is 0 Å². The van der Waals surface area contributed by atoms with Gasteiger partial charge in [-0.2, -0.15) is 0 Å². The predicted molar refractivity (Wildman–Crippen MR) is 74.4 cm³/mol. The maximum Gasteiger partial charge on any atom is 0.0681 e. The summed E-state index contributed by atoms with van der Waals surface area (Å²) in [7, 11) is 0. The lowest BCUT2D eigenvalue weighted by Gasteiger charge is -2.10. The molecular weight excluding hydrogens is 222 g/mol. The molecule has 2 heteroatoms. The Morgan fingerprint density at radius 2 is 1.72 bits per heavy atom. The van der Waals surface area contributed by atoms with Gasteiger partial charge in [0, 0.05) is 17.0 Å². The number of rotatable bonds is 3. The van der Waals surface area contributed by atoms with E-state index in [1.165, 1.54) is 0 Å². The van der Waals surface area contributed by atoms with E-state index >= 15 is 0 Å². The Kier molecular flexibility index (Phi) is 3.78. The van der Waals surface area contributed by atoms with Crippen LogP contribution in [0.2, 0.25) is 0 Å². The Morgan fingerprint density at radius 3 is 2.22 bits per heavy atom. The average molecular weight is 241 g/mol. The second-order valence-corrected chi connectivity index (χ2v) is 4.88.